The number of rotatable bonds is 5. The van der Waals surface area contributed by atoms with Crippen molar-refractivity contribution in [2.45, 2.75) is 50.0 Å². The van der Waals surface area contributed by atoms with Gasteiger partial charge in [0.2, 0.25) is 0 Å². The summed E-state index contributed by atoms with van der Waals surface area (Å²) < 4.78 is 5.48. The summed E-state index contributed by atoms with van der Waals surface area (Å²) >= 11 is 0. The van der Waals surface area contributed by atoms with E-state index in [0.717, 1.165) is 49.9 Å². The molecule has 3 heterocycles. The highest BCUT2D eigenvalue weighted by Gasteiger charge is 2.56. The van der Waals surface area contributed by atoms with E-state index < -0.39 is 17.2 Å². The topological polar surface area (TPSA) is 101 Å². The minimum Gasteiger partial charge on any atom is -0.496 e. The number of nitrogens with one attached hydrogen (secondary N) is 1. The number of para-hydroxylation sites is 1. The van der Waals surface area contributed by atoms with Gasteiger partial charge in [0.05, 0.1) is 37.3 Å². The molecule has 0 radical (unpaired) electrons. The minimum absolute atomic E-state index is 0.0123. The summed E-state index contributed by atoms with van der Waals surface area (Å²) in [7, 11) is 1.62. The first kappa shape index (κ1) is 27.8. The quantitative estimate of drug-likeness (QED) is 0.519. The molecule has 2 saturated heterocycles. The average Bonchev–Trinajstić information content (AvgIpc) is 3.50. The van der Waals surface area contributed by atoms with Gasteiger partial charge >= 0.3 is 6.03 Å². The molecule has 9 heteroatoms. The van der Waals surface area contributed by atoms with Crippen LogP contribution in [0.2, 0.25) is 0 Å². The molecule has 2 aromatic carbocycles. The Balaban J connectivity index is 1.18. The number of aliphatic hydroxyl groups is 2. The van der Waals surface area contributed by atoms with E-state index in [1.165, 1.54) is 0 Å². The maximum atomic E-state index is 14.0. The van der Waals surface area contributed by atoms with E-state index in [0.29, 0.717) is 37.5 Å². The fraction of sp³-hybridized carbons (Fsp3) is 0.500. The molecule has 2 amide bonds. The van der Waals surface area contributed by atoms with Gasteiger partial charge in [-0.1, -0.05) is 55.3 Å². The van der Waals surface area contributed by atoms with Crippen LogP contribution >= 0.6 is 0 Å². The first-order valence-electron chi connectivity index (χ1n) is 14.8. The summed E-state index contributed by atoms with van der Waals surface area (Å²) in [5.74, 6) is 0.691. The fourth-order valence-corrected chi connectivity index (χ4v) is 7.29. The molecule has 1 spiro atoms. The third-order valence-corrected chi connectivity index (χ3v) is 9.60. The molecule has 1 saturated carbocycles. The van der Waals surface area contributed by atoms with Crippen molar-refractivity contribution in [2.24, 2.45) is 10.4 Å². The van der Waals surface area contributed by atoms with Crippen LogP contribution in [0.5, 0.6) is 5.75 Å². The SMILES string of the molecule is COc1ccccc1C1=CC(O)N(C[C@]2(O)CCN(C(=O)N3CCNC[C@H]3c3ccccc3)CC23CCCC3)C=N1. The molecule has 41 heavy (non-hydrogen) atoms. The average molecular weight is 560 g/mol. The Morgan fingerprint density at radius 2 is 1.83 bits per heavy atom. The van der Waals surface area contributed by atoms with Crippen molar-refractivity contribution in [2.75, 3.05) is 46.4 Å². The van der Waals surface area contributed by atoms with Gasteiger partial charge in [0, 0.05) is 43.7 Å². The van der Waals surface area contributed by atoms with E-state index in [4.69, 9.17) is 4.74 Å². The normalized spacial score (nSPS) is 27.7. The highest BCUT2D eigenvalue weighted by Crippen LogP contribution is 2.51. The van der Waals surface area contributed by atoms with E-state index in [-0.39, 0.29) is 18.6 Å². The van der Waals surface area contributed by atoms with E-state index in [2.05, 4.69) is 22.4 Å². The predicted molar refractivity (Wildman–Crippen MR) is 158 cm³/mol. The first-order chi connectivity index (χ1) is 19.9. The molecule has 3 N–H and O–H groups in total. The fourth-order valence-electron chi connectivity index (χ4n) is 7.29. The van der Waals surface area contributed by atoms with Gasteiger partial charge in [0.25, 0.3) is 0 Å². The molecule has 6 rings (SSSR count). The smallest absolute Gasteiger partial charge is 0.320 e. The van der Waals surface area contributed by atoms with Crippen LogP contribution in [0.4, 0.5) is 4.79 Å². The zero-order chi connectivity index (χ0) is 28.5. The number of urea groups is 1. The number of aliphatic imine (C=N–C) groups is 1. The lowest BCUT2D eigenvalue weighted by molar-refractivity contribution is -0.142. The van der Waals surface area contributed by atoms with Crippen molar-refractivity contribution in [1.82, 2.24) is 20.0 Å². The van der Waals surface area contributed by atoms with E-state index in [1.54, 1.807) is 24.4 Å². The van der Waals surface area contributed by atoms with Crippen LogP contribution in [0.1, 0.15) is 49.3 Å². The van der Waals surface area contributed by atoms with Crippen LogP contribution in [-0.2, 0) is 0 Å². The number of hydrogen-bond acceptors (Lipinski definition) is 7. The zero-order valence-electron chi connectivity index (χ0n) is 23.8. The number of piperidine rings is 1. The highest BCUT2D eigenvalue weighted by molar-refractivity contribution is 5.79. The number of methoxy groups -OCH3 is 1. The number of carbonyl (C=O) groups excluding carboxylic acids is 1. The standard InChI is InChI=1S/C32H41N5O4/c1-41-28-12-6-5-11-25(28)26-19-29(38)36(23-34-26)22-32(40)15-17-35(21-31(32)13-7-8-14-31)30(39)37-18-16-33-20-27(37)24-9-3-2-4-10-24/h2-6,9-12,19,23,27,29,33,38,40H,7-8,13-18,20-22H2,1H3/t27-,29?,32+/m0/s1. The van der Waals surface area contributed by atoms with Gasteiger partial charge in [0.15, 0.2) is 0 Å². The number of benzene rings is 2. The van der Waals surface area contributed by atoms with Crippen molar-refractivity contribution in [1.29, 1.82) is 0 Å². The Morgan fingerprint density at radius 3 is 2.59 bits per heavy atom. The van der Waals surface area contributed by atoms with Crippen LogP contribution in [0, 0.1) is 5.41 Å². The molecule has 0 aromatic heterocycles. The number of piperazine rings is 1. The van der Waals surface area contributed by atoms with E-state index >= 15 is 0 Å². The number of nitrogens with zero attached hydrogens (tertiary/aromatic N) is 4. The van der Waals surface area contributed by atoms with Crippen LogP contribution < -0.4 is 10.1 Å². The second kappa shape index (κ2) is 11.5. The molecule has 1 aliphatic carbocycles. The monoisotopic (exact) mass is 559 g/mol. The number of aliphatic hydroxyl groups excluding tert-OH is 1. The molecular formula is C32H41N5O4. The van der Waals surface area contributed by atoms with Gasteiger partial charge in [-0.05, 0) is 43.0 Å². The summed E-state index contributed by atoms with van der Waals surface area (Å²) in [5, 5.41) is 26.8. The third-order valence-electron chi connectivity index (χ3n) is 9.60. The van der Waals surface area contributed by atoms with Gasteiger partial charge in [0.1, 0.15) is 12.0 Å². The molecule has 3 aliphatic heterocycles. The first-order valence-corrected chi connectivity index (χ1v) is 14.8. The molecule has 9 nitrogen and oxygen atoms in total. The molecule has 3 fully saturated rings. The Hall–Kier alpha value is -3.40. The summed E-state index contributed by atoms with van der Waals surface area (Å²) in [6, 6.07) is 17.9. The van der Waals surface area contributed by atoms with Crippen molar-refractivity contribution in [3.05, 3.63) is 71.8 Å². The van der Waals surface area contributed by atoms with Gasteiger partial charge in [-0.3, -0.25) is 0 Å². The van der Waals surface area contributed by atoms with Crippen molar-refractivity contribution >= 4 is 18.1 Å². The summed E-state index contributed by atoms with van der Waals surface area (Å²) in [4.78, 5) is 24.3. The van der Waals surface area contributed by atoms with Crippen molar-refractivity contribution < 1.29 is 19.7 Å². The Morgan fingerprint density at radius 1 is 1.07 bits per heavy atom. The minimum atomic E-state index is -1.05. The van der Waals surface area contributed by atoms with Gasteiger partial charge in [-0.15, -0.1) is 0 Å². The Labute approximate surface area is 242 Å². The van der Waals surface area contributed by atoms with Gasteiger partial charge in [-0.2, -0.15) is 0 Å². The van der Waals surface area contributed by atoms with E-state index in [9.17, 15) is 15.0 Å². The lowest BCUT2D eigenvalue weighted by Gasteiger charge is -2.54. The molecule has 3 atom stereocenters. The maximum Gasteiger partial charge on any atom is 0.320 e. The number of hydrogen-bond donors (Lipinski definition) is 3. The number of amides is 2. The maximum absolute atomic E-state index is 14.0. The second-order valence-corrected chi connectivity index (χ2v) is 11.9. The van der Waals surface area contributed by atoms with Crippen LogP contribution in [0.25, 0.3) is 5.70 Å². The Bertz CT molecular complexity index is 1290. The number of ether oxygens (including phenoxy) is 1. The molecule has 4 aliphatic rings. The highest BCUT2D eigenvalue weighted by atomic mass is 16.5. The van der Waals surface area contributed by atoms with Crippen molar-refractivity contribution in [3.8, 4) is 5.75 Å². The number of likely N-dealkylation sites (tertiary alicyclic amines) is 1. The number of carbonyl (C=O) groups is 1. The molecular weight excluding hydrogens is 518 g/mol. The lowest BCUT2D eigenvalue weighted by Crippen LogP contribution is -2.66. The third kappa shape index (κ3) is 5.22. The summed E-state index contributed by atoms with van der Waals surface area (Å²) in [6.45, 7) is 3.42. The van der Waals surface area contributed by atoms with Crippen LogP contribution in [0.3, 0.4) is 0 Å². The molecule has 218 valence electrons. The summed E-state index contributed by atoms with van der Waals surface area (Å²) in [6.07, 6.45) is 6.65. The van der Waals surface area contributed by atoms with Crippen LogP contribution in [0.15, 0.2) is 65.7 Å². The van der Waals surface area contributed by atoms with Gasteiger partial charge in [-0.25, -0.2) is 9.79 Å². The molecule has 1 unspecified atom stereocenters. The molecule has 0 bridgehead atoms. The van der Waals surface area contributed by atoms with Crippen LogP contribution in [-0.4, -0.2) is 95.5 Å². The largest absolute Gasteiger partial charge is 0.496 e. The predicted octanol–water partition coefficient (Wildman–Crippen LogP) is 3.46. The van der Waals surface area contributed by atoms with Gasteiger partial charge < -0.3 is 35.0 Å². The van der Waals surface area contributed by atoms with E-state index in [1.807, 2.05) is 52.3 Å². The zero-order valence-corrected chi connectivity index (χ0v) is 23.8. The Kier molecular flexibility index (Phi) is 7.76. The molecule has 2 aromatic rings. The summed E-state index contributed by atoms with van der Waals surface area (Å²) in [5.41, 5.74) is 1.11. The van der Waals surface area contributed by atoms with Crippen molar-refractivity contribution in [3.63, 3.8) is 0 Å². The second-order valence-electron chi connectivity index (χ2n) is 11.9. The number of β-amino-alcohol motifs (C(OH)–C–C–N with tert-alkyl or cyclic N) is 1. The lowest BCUT2D eigenvalue weighted by atomic mass is 9.65.